The number of carbonyl (C=O) groups is 2. The first kappa shape index (κ1) is 7.94. The Balaban J connectivity index is 2.94. The Hall–Kier alpha value is -1.16. The van der Waals surface area contributed by atoms with Crippen molar-refractivity contribution in [2.45, 2.75) is 6.92 Å². The number of aryl methyl sites for hydroxylation is 1. The van der Waals surface area contributed by atoms with Gasteiger partial charge in [-0.2, -0.15) is 0 Å². The highest BCUT2D eigenvalue weighted by atomic mass is 32.1. The molecule has 0 saturated carbocycles. The normalized spacial score (nSPS) is 9.55. The Morgan fingerprint density at radius 3 is 2.45 bits per heavy atom. The summed E-state index contributed by atoms with van der Waals surface area (Å²) < 4.78 is 0. The molecule has 0 radical (unpaired) electrons. The van der Waals surface area contributed by atoms with Gasteiger partial charge in [0.05, 0.1) is 4.88 Å². The summed E-state index contributed by atoms with van der Waals surface area (Å²) in [5.41, 5.74) is 0. The molecule has 0 saturated heterocycles. The van der Waals surface area contributed by atoms with Gasteiger partial charge in [0.1, 0.15) is 0 Å². The fourth-order valence-electron chi connectivity index (χ4n) is 0.662. The predicted octanol–water partition coefficient (Wildman–Crippen LogP) is 1.32. The molecule has 58 valence electrons. The fourth-order valence-corrected chi connectivity index (χ4v) is 1.46. The number of hydrogen-bond acceptors (Lipinski definition) is 3. The Morgan fingerprint density at radius 2 is 2.09 bits per heavy atom. The molecule has 0 aliphatic heterocycles. The van der Waals surface area contributed by atoms with Gasteiger partial charge in [-0.05, 0) is 19.1 Å². The van der Waals surface area contributed by atoms with Gasteiger partial charge in [0.2, 0.25) is 0 Å². The Kier molecular flexibility index (Phi) is 2.05. The molecule has 1 rings (SSSR count). The highest BCUT2D eigenvalue weighted by molar-refractivity contribution is 7.14. The lowest BCUT2D eigenvalue weighted by atomic mass is 10.3. The van der Waals surface area contributed by atoms with Crippen LogP contribution < -0.4 is 0 Å². The lowest BCUT2D eigenvalue weighted by molar-refractivity contribution is -0.131. The maximum absolute atomic E-state index is 10.8. The number of carboxylic acids is 1. The third-order valence-corrected chi connectivity index (χ3v) is 2.16. The molecule has 4 heteroatoms. The van der Waals surface area contributed by atoms with Crippen LogP contribution in [0.5, 0.6) is 0 Å². The molecule has 0 spiro atoms. The van der Waals surface area contributed by atoms with Crippen molar-refractivity contribution in [3.8, 4) is 0 Å². The molecule has 0 amide bonds. The number of ketones is 1. The maximum Gasteiger partial charge on any atom is 0.378 e. The third-order valence-electron chi connectivity index (χ3n) is 1.16. The van der Waals surface area contributed by atoms with Gasteiger partial charge in [0.25, 0.3) is 5.78 Å². The van der Waals surface area contributed by atoms with E-state index in [2.05, 4.69) is 0 Å². The summed E-state index contributed by atoms with van der Waals surface area (Å²) in [5.74, 6) is -2.23. The van der Waals surface area contributed by atoms with Crippen LogP contribution in [0, 0.1) is 6.92 Å². The number of rotatable bonds is 2. The van der Waals surface area contributed by atoms with Gasteiger partial charge >= 0.3 is 5.97 Å². The molecule has 1 aromatic rings. The third kappa shape index (κ3) is 1.65. The number of thiophene rings is 1. The summed E-state index contributed by atoms with van der Waals surface area (Å²) in [7, 11) is 0. The van der Waals surface area contributed by atoms with Crippen LogP contribution >= 0.6 is 11.3 Å². The van der Waals surface area contributed by atoms with Crippen molar-refractivity contribution >= 4 is 23.1 Å². The maximum atomic E-state index is 10.8. The molecule has 1 aromatic heterocycles. The first-order valence-corrected chi connectivity index (χ1v) is 3.77. The van der Waals surface area contributed by atoms with Gasteiger partial charge in [0.15, 0.2) is 0 Å². The molecule has 0 aliphatic rings. The molecule has 0 unspecified atom stereocenters. The van der Waals surface area contributed by atoms with E-state index in [1.165, 1.54) is 17.4 Å². The number of Topliss-reactive ketones (excluding diaryl/α,β-unsaturated/α-hetero) is 1. The van der Waals surface area contributed by atoms with E-state index in [0.29, 0.717) is 0 Å². The number of carbonyl (C=O) groups excluding carboxylic acids is 1. The van der Waals surface area contributed by atoms with Gasteiger partial charge in [-0.25, -0.2) is 4.79 Å². The SMILES string of the molecule is Cc1ccc(C(=O)C(=O)O)s1. The minimum Gasteiger partial charge on any atom is -0.475 e. The molecule has 0 bridgehead atoms. The first-order valence-electron chi connectivity index (χ1n) is 2.95. The standard InChI is InChI=1S/C7H6O3S/c1-4-2-3-5(11-4)6(8)7(9)10/h2-3H,1H3,(H,9,10). The average molecular weight is 170 g/mol. The summed E-state index contributed by atoms with van der Waals surface area (Å²) in [6.45, 7) is 1.82. The zero-order chi connectivity index (χ0) is 8.43. The molecule has 0 fully saturated rings. The fraction of sp³-hybridized carbons (Fsp3) is 0.143. The van der Waals surface area contributed by atoms with Crippen LogP contribution in [0.4, 0.5) is 0 Å². The second-order valence-electron chi connectivity index (χ2n) is 2.04. The van der Waals surface area contributed by atoms with Crippen LogP contribution in [0.1, 0.15) is 14.5 Å². The van der Waals surface area contributed by atoms with Crippen LogP contribution in [-0.2, 0) is 4.79 Å². The van der Waals surface area contributed by atoms with Crippen LogP contribution in [0.15, 0.2) is 12.1 Å². The molecule has 1 heterocycles. The number of carboxylic acid groups (broad SMARTS) is 1. The summed E-state index contributed by atoms with van der Waals surface area (Å²) >= 11 is 1.19. The van der Waals surface area contributed by atoms with Crippen molar-refractivity contribution < 1.29 is 14.7 Å². The van der Waals surface area contributed by atoms with Crippen LogP contribution in [0.2, 0.25) is 0 Å². The zero-order valence-corrected chi connectivity index (χ0v) is 6.64. The van der Waals surface area contributed by atoms with Crippen molar-refractivity contribution in [3.63, 3.8) is 0 Å². The monoisotopic (exact) mass is 170 g/mol. The Bertz CT molecular complexity index is 300. The molecule has 11 heavy (non-hydrogen) atoms. The second kappa shape index (κ2) is 2.84. The highest BCUT2D eigenvalue weighted by Gasteiger charge is 2.15. The van der Waals surface area contributed by atoms with Gasteiger partial charge in [-0.15, -0.1) is 11.3 Å². The van der Waals surface area contributed by atoms with Crippen molar-refractivity contribution in [1.82, 2.24) is 0 Å². The van der Waals surface area contributed by atoms with E-state index >= 15 is 0 Å². The minimum atomic E-state index is -1.40. The van der Waals surface area contributed by atoms with Crippen molar-refractivity contribution in [2.24, 2.45) is 0 Å². The topological polar surface area (TPSA) is 54.4 Å². The molecular weight excluding hydrogens is 164 g/mol. The smallest absolute Gasteiger partial charge is 0.378 e. The first-order chi connectivity index (χ1) is 5.11. The summed E-state index contributed by atoms with van der Waals surface area (Å²) in [4.78, 5) is 22.2. The molecular formula is C7H6O3S. The van der Waals surface area contributed by atoms with Gasteiger partial charge in [0, 0.05) is 4.88 Å². The Morgan fingerprint density at radius 1 is 1.45 bits per heavy atom. The van der Waals surface area contributed by atoms with Crippen LogP contribution in [0.3, 0.4) is 0 Å². The largest absolute Gasteiger partial charge is 0.475 e. The molecule has 0 atom stereocenters. The van der Waals surface area contributed by atoms with Crippen molar-refractivity contribution in [1.29, 1.82) is 0 Å². The zero-order valence-electron chi connectivity index (χ0n) is 5.83. The van der Waals surface area contributed by atoms with E-state index in [0.717, 1.165) is 4.88 Å². The average Bonchev–Trinajstić information content (AvgIpc) is 2.34. The number of aliphatic carboxylic acids is 1. The summed E-state index contributed by atoms with van der Waals surface area (Å²) in [5, 5.41) is 8.30. The van der Waals surface area contributed by atoms with E-state index in [9.17, 15) is 9.59 Å². The van der Waals surface area contributed by atoms with Crippen LogP contribution in [-0.4, -0.2) is 16.9 Å². The summed E-state index contributed by atoms with van der Waals surface area (Å²) in [6.07, 6.45) is 0. The van der Waals surface area contributed by atoms with E-state index in [-0.39, 0.29) is 4.88 Å². The Labute approximate surface area is 67.3 Å². The summed E-state index contributed by atoms with van der Waals surface area (Å²) in [6, 6.07) is 3.25. The van der Waals surface area contributed by atoms with Gasteiger partial charge in [-0.3, -0.25) is 4.79 Å². The molecule has 1 N–H and O–H groups in total. The van der Waals surface area contributed by atoms with E-state index < -0.39 is 11.8 Å². The van der Waals surface area contributed by atoms with Crippen molar-refractivity contribution in [2.75, 3.05) is 0 Å². The number of hydrogen-bond donors (Lipinski definition) is 1. The predicted molar refractivity (Wildman–Crippen MR) is 41.0 cm³/mol. The van der Waals surface area contributed by atoms with Crippen molar-refractivity contribution in [3.05, 3.63) is 21.9 Å². The van der Waals surface area contributed by atoms with E-state index in [4.69, 9.17) is 5.11 Å². The van der Waals surface area contributed by atoms with Gasteiger partial charge < -0.3 is 5.11 Å². The van der Waals surface area contributed by atoms with Gasteiger partial charge in [-0.1, -0.05) is 0 Å². The quantitative estimate of drug-likeness (QED) is 0.538. The minimum absolute atomic E-state index is 0.287. The lowest BCUT2D eigenvalue weighted by Crippen LogP contribution is -2.10. The lowest BCUT2D eigenvalue weighted by Gasteiger charge is -1.85. The molecule has 0 aromatic carbocycles. The highest BCUT2D eigenvalue weighted by Crippen LogP contribution is 2.15. The molecule has 3 nitrogen and oxygen atoms in total. The van der Waals surface area contributed by atoms with Crippen LogP contribution in [0.25, 0.3) is 0 Å². The van der Waals surface area contributed by atoms with E-state index in [1.54, 1.807) is 6.07 Å². The van der Waals surface area contributed by atoms with E-state index in [1.807, 2.05) is 6.92 Å². The molecule has 0 aliphatic carbocycles. The second-order valence-corrected chi connectivity index (χ2v) is 3.33.